The number of alkyl carbamates (subject to hydrolysis) is 1. The van der Waals surface area contributed by atoms with Crippen LogP contribution in [0.4, 0.5) is 4.79 Å². The zero-order valence-corrected chi connectivity index (χ0v) is 28.4. The molecule has 1 fully saturated rings. The largest absolute Gasteiger partial charge is 0.480 e. The van der Waals surface area contributed by atoms with E-state index < -0.39 is 71.7 Å². The van der Waals surface area contributed by atoms with Crippen LogP contribution >= 0.6 is 0 Å². The van der Waals surface area contributed by atoms with E-state index in [4.69, 9.17) is 4.74 Å². The first kappa shape index (κ1) is 39.5. The summed E-state index contributed by atoms with van der Waals surface area (Å²) in [5.74, 6) is -4.66. The monoisotopic (exact) mass is 674 g/mol. The maximum atomic E-state index is 13.7. The van der Waals surface area contributed by atoms with E-state index in [2.05, 4.69) is 26.6 Å². The van der Waals surface area contributed by atoms with Crippen LogP contribution in [0.2, 0.25) is 0 Å². The van der Waals surface area contributed by atoms with Gasteiger partial charge in [-0.1, -0.05) is 58.0 Å². The number of likely N-dealkylation sites (tertiary alicyclic amines) is 1. The van der Waals surface area contributed by atoms with Gasteiger partial charge in [-0.2, -0.15) is 0 Å². The highest BCUT2D eigenvalue weighted by atomic mass is 16.5. The van der Waals surface area contributed by atoms with Crippen LogP contribution in [0, 0.1) is 11.8 Å². The van der Waals surface area contributed by atoms with Crippen LogP contribution in [0.1, 0.15) is 72.3 Å². The minimum Gasteiger partial charge on any atom is -0.480 e. The molecular weight excluding hydrogens is 624 g/mol. The number of aliphatic carboxylic acids is 1. The third kappa shape index (κ3) is 13.2. The Labute approximate surface area is 281 Å². The van der Waals surface area contributed by atoms with Gasteiger partial charge in [0.05, 0.1) is 6.54 Å². The summed E-state index contributed by atoms with van der Waals surface area (Å²) >= 11 is 0. The van der Waals surface area contributed by atoms with Gasteiger partial charge in [-0.3, -0.25) is 24.0 Å². The molecule has 0 spiro atoms. The molecule has 1 aromatic rings. The number of benzene rings is 1. The van der Waals surface area contributed by atoms with Crippen LogP contribution in [0.25, 0.3) is 0 Å². The van der Waals surface area contributed by atoms with Gasteiger partial charge in [-0.25, -0.2) is 9.59 Å². The minimum atomic E-state index is -1.17. The van der Waals surface area contributed by atoms with Crippen molar-refractivity contribution in [3.05, 3.63) is 35.9 Å². The highest BCUT2D eigenvalue weighted by Gasteiger charge is 2.40. The number of carbonyl (C=O) groups is 7. The molecule has 15 heteroatoms. The molecule has 0 aliphatic carbocycles. The smallest absolute Gasteiger partial charge is 0.407 e. The molecule has 48 heavy (non-hydrogen) atoms. The maximum Gasteiger partial charge on any atom is 0.407 e. The molecule has 4 atom stereocenters. The van der Waals surface area contributed by atoms with Gasteiger partial charge in [0.1, 0.15) is 30.8 Å². The number of nitrogens with one attached hydrogen (secondary N) is 5. The molecule has 0 radical (unpaired) electrons. The van der Waals surface area contributed by atoms with Gasteiger partial charge in [-0.05, 0) is 49.5 Å². The molecular formula is C33H50N6O9. The molecule has 0 saturated carbocycles. The van der Waals surface area contributed by atoms with Crippen molar-refractivity contribution in [1.82, 2.24) is 31.5 Å². The van der Waals surface area contributed by atoms with Crippen LogP contribution in [0.3, 0.4) is 0 Å². The Morgan fingerprint density at radius 3 is 2.17 bits per heavy atom. The lowest BCUT2D eigenvalue weighted by Crippen LogP contribution is -2.59. The predicted octanol–water partition coefficient (Wildman–Crippen LogP) is 1.06. The lowest BCUT2D eigenvalue weighted by Gasteiger charge is -2.32. The van der Waals surface area contributed by atoms with Crippen LogP contribution in [0.5, 0.6) is 0 Å². The second-order valence-corrected chi connectivity index (χ2v) is 12.5. The highest BCUT2D eigenvalue weighted by Crippen LogP contribution is 2.21. The average Bonchev–Trinajstić information content (AvgIpc) is 3.53. The summed E-state index contributed by atoms with van der Waals surface area (Å²) in [6, 6.07) is 5.09. The van der Waals surface area contributed by atoms with E-state index in [1.807, 2.05) is 30.3 Å². The Hall–Kier alpha value is -4.69. The van der Waals surface area contributed by atoms with Crippen molar-refractivity contribution in [2.24, 2.45) is 11.8 Å². The molecule has 1 saturated heterocycles. The molecule has 0 unspecified atom stereocenters. The van der Waals surface area contributed by atoms with Crippen molar-refractivity contribution in [2.75, 3.05) is 19.6 Å². The first-order chi connectivity index (χ1) is 22.7. The van der Waals surface area contributed by atoms with Crippen LogP contribution in [-0.2, 0) is 40.1 Å². The van der Waals surface area contributed by atoms with E-state index in [0.717, 1.165) is 5.56 Å². The number of unbranched alkanes of at least 4 members (excludes halogenated alkanes) is 1. The summed E-state index contributed by atoms with van der Waals surface area (Å²) in [5.41, 5.74) is 0.844. The molecule has 2 rings (SSSR count). The van der Waals surface area contributed by atoms with Crippen LogP contribution < -0.4 is 26.6 Å². The zero-order valence-electron chi connectivity index (χ0n) is 28.4. The molecule has 1 aliphatic rings. The molecule has 0 aromatic heterocycles. The van der Waals surface area contributed by atoms with Gasteiger partial charge >= 0.3 is 12.1 Å². The molecule has 1 heterocycles. The van der Waals surface area contributed by atoms with Crippen molar-refractivity contribution in [1.29, 1.82) is 0 Å². The summed E-state index contributed by atoms with van der Waals surface area (Å²) < 4.78 is 5.19. The summed E-state index contributed by atoms with van der Waals surface area (Å²) in [6.45, 7) is 8.35. The molecule has 266 valence electrons. The van der Waals surface area contributed by atoms with Crippen molar-refractivity contribution in [2.45, 2.75) is 97.5 Å². The number of amides is 6. The van der Waals surface area contributed by atoms with Crippen LogP contribution in [0.15, 0.2) is 30.3 Å². The topological polar surface area (TPSA) is 212 Å². The third-order valence-electron chi connectivity index (χ3n) is 7.85. The van der Waals surface area contributed by atoms with Crippen molar-refractivity contribution in [3.8, 4) is 0 Å². The fourth-order valence-electron chi connectivity index (χ4n) is 5.17. The number of hydrogen-bond acceptors (Lipinski definition) is 8. The van der Waals surface area contributed by atoms with Gasteiger partial charge in [0.2, 0.25) is 29.5 Å². The van der Waals surface area contributed by atoms with E-state index in [0.29, 0.717) is 25.7 Å². The zero-order chi connectivity index (χ0) is 35.8. The summed E-state index contributed by atoms with van der Waals surface area (Å²) in [4.78, 5) is 89.3. The minimum absolute atomic E-state index is 0.120. The van der Waals surface area contributed by atoms with Gasteiger partial charge in [-0.15, -0.1) is 0 Å². The average molecular weight is 675 g/mol. The van der Waals surface area contributed by atoms with E-state index in [9.17, 15) is 38.7 Å². The van der Waals surface area contributed by atoms with E-state index in [1.54, 1.807) is 27.7 Å². The van der Waals surface area contributed by atoms with Crippen molar-refractivity contribution in [3.63, 3.8) is 0 Å². The van der Waals surface area contributed by atoms with Gasteiger partial charge in [0, 0.05) is 20.0 Å². The molecule has 1 aromatic carbocycles. The highest BCUT2D eigenvalue weighted by molar-refractivity contribution is 5.96. The Morgan fingerprint density at radius 2 is 1.56 bits per heavy atom. The Balaban J connectivity index is 2.04. The number of nitrogens with zero attached hydrogens (tertiary/aromatic N) is 1. The second-order valence-electron chi connectivity index (χ2n) is 12.5. The lowest BCUT2D eigenvalue weighted by molar-refractivity contribution is -0.146. The predicted molar refractivity (Wildman–Crippen MR) is 175 cm³/mol. The second kappa shape index (κ2) is 19.9. The SMILES string of the molecule is CC(=O)NCC(=O)N[C@@H](CCCCNC(=O)OCc1ccccc1)C(=O)N[C@H](C(=O)N1CCC[C@H]1C(=O)N[C@H](C(=O)O)C(C)C)C(C)C. The number of carboxylic acid groups (broad SMARTS) is 1. The number of ether oxygens (including phenoxy) is 1. The first-order valence-electron chi connectivity index (χ1n) is 16.3. The molecule has 1 aliphatic heterocycles. The molecule has 0 bridgehead atoms. The lowest BCUT2D eigenvalue weighted by atomic mass is 10.00. The fraction of sp³-hybridized carbons (Fsp3) is 0.606. The number of rotatable bonds is 18. The first-order valence-corrected chi connectivity index (χ1v) is 16.3. The van der Waals surface area contributed by atoms with Gasteiger partial charge in [0.25, 0.3) is 0 Å². The Kier molecular flexibility index (Phi) is 16.3. The molecule has 15 nitrogen and oxygen atoms in total. The van der Waals surface area contributed by atoms with E-state index in [1.165, 1.54) is 11.8 Å². The maximum absolute atomic E-state index is 13.7. The summed E-state index contributed by atoms with van der Waals surface area (Å²) in [7, 11) is 0. The van der Waals surface area contributed by atoms with Crippen molar-refractivity contribution >= 4 is 41.6 Å². The van der Waals surface area contributed by atoms with Crippen molar-refractivity contribution < 1.29 is 43.4 Å². The molecule has 6 N–H and O–H groups in total. The summed E-state index contributed by atoms with van der Waals surface area (Å²) in [6.07, 6.45) is 1.31. The third-order valence-corrected chi connectivity index (χ3v) is 7.85. The molecule has 6 amide bonds. The van der Waals surface area contributed by atoms with E-state index in [-0.39, 0.29) is 38.6 Å². The van der Waals surface area contributed by atoms with Gasteiger partial charge in [0.15, 0.2) is 0 Å². The number of hydrogen-bond donors (Lipinski definition) is 6. The Morgan fingerprint density at radius 1 is 0.896 bits per heavy atom. The normalized spacial score (nSPS) is 16.0. The fourth-order valence-corrected chi connectivity index (χ4v) is 5.17. The Bertz CT molecular complexity index is 1270. The summed E-state index contributed by atoms with van der Waals surface area (Å²) in [5, 5.41) is 22.4. The van der Waals surface area contributed by atoms with E-state index >= 15 is 0 Å². The standard InChI is InChI=1S/C33H50N6O9/c1-20(2)27(31(44)39-17-11-15-25(39)30(43)38-28(21(3)4)32(45)46)37-29(42)24(36-26(41)18-35-22(5)40)14-9-10-16-34-33(47)48-19-23-12-7-6-8-13-23/h6-8,12-13,20-21,24-25,27-28H,9-11,14-19H2,1-5H3,(H,34,47)(H,35,40)(H,36,41)(H,37,42)(H,38,43)(H,45,46)/t24-,25-,27-,28-/m0/s1. The quantitative estimate of drug-likeness (QED) is 0.123. The number of carboxylic acids is 1. The van der Waals surface area contributed by atoms with Gasteiger partial charge < -0.3 is 41.3 Å². The van der Waals surface area contributed by atoms with Crippen LogP contribution in [-0.4, -0.2) is 95.4 Å². The number of carbonyl (C=O) groups excluding carboxylic acids is 6.